The topological polar surface area (TPSA) is 113 Å². The van der Waals surface area contributed by atoms with Crippen LogP contribution in [0.1, 0.15) is 19.2 Å². The Hall–Kier alpha value is -1.99. The molecule has 0 aliphatic carbocycles. The van der Waals surface area contributed by atoms with Crippen LogP contribution in [0.5, 0.6) is 0 Å². The molecule has 0 aliphatic heterocycles. The summed E-state index contributed by atoms with van der Waals surface area (Å²) in [7, 11) is 0. The first-order chi connectivity index (χ1) is 6.77. The van der Waals surface area contributed by atoms with Crippen molar-refractivity contribution in [1.29, 1.82) is 0 Å². The maximum atomic E-state index is 11.0. The maximum Gasteiger partial charge on any atom is 0.312 e. The first kappa shape index (κ1) is 10.1. The van der Waals surface area contributed by atoms with Crippen LogP contribution in [0.2, 0.25) is 0 Å². The maximum absolute atomic E-state index is 11.0. The van der Waals surface area contributed by atoms with Crippen LogP contribution in [-0.4, -0.2) is 44.1 Å². The molecule has 0 aromatic carbocycles. The number of rotatable bonds is 4. The molecule has 0 amide bonds. The molecule has 0 bridgehead atoms. The summed E-state index contributed by atoms with van der Waals surface area (Å²) in [6, 6.07) is 0. The summed E-state index contributed by atoms with van der Waals surface area (Å²) < 4.78 is 4.66. The van der Waals surface area contributed by atoms with Crippen LogP contribution in [0.15, 0.2) is 5.16 Å². The van der Waals surface area contributed by atoms with E-state index < -0.39 is 5.97 Å². The van der Waals surface area contributed by atoms with Gasteiger partial charge >= 0.3 is 5.97 Å². The van der Waals surface area contributed by atoms with Gasteiger partial charge in [0, 0.05) is 0 Å². The molecule has 0 aliphatic rings. The minimum Gasteiger partial charge on any atom is -0.466 e. The third kappa shape index (κ3) is 2.51. The van der Waals surface area contributed by atoms with Gasteiger partial charge in [-0.25, -0.2) is 0 Å². The lowest BCUT2D eigenvalue weighted by Crippen LogP contribution is -2.13. The van der Waals surface area contributed by atoms with Crippen LogP contribution in [0, 0.1) is 0 Å². The van der Waals surface area contributed by atoms with Gasteiger partial charge in [-0.1, -0.05) is 5.16 Å². The fourth-order valence-electron chi connectivity index (χ4n) is 0.792. The zero-order valence-electron chi connectivity index (χ0n) is 7.47. The van der Waals surface area contributed by atoms with Crippen molar-refractivity contribution in [1.82, 2.24) is 20.6 Å². The largest absolute Gasteiger partial charge is 0.466 e. The van der Waals surface area contributed by atoms with Crippen molar-refractivity contribution in [3.05, 3.63) is 5.82 Å². The summed E-state index contributed by atoms with van der Waals surface area (Å²) in [6.07, 6.45) is -0.191. The molecule has 0 fully saturated rings. The number of tetrazole rings is 1. The molecule has 0 atom stereocenters. The van der Waals surface area contributed by atoms with E-state index in [1.807, 2.05) is 0 Å². The van der Waals surface area contributed by atoms with Crippen LogP contribution >= 0.6 is 0 Å². The van der Waals surface area contributed by atoms with Crippen molar-refractivity contribution < 1.29 is 14.7 Å². The summed E-state index contributed by atoms with van der Waals surface area (Å²) in [6.45, 7) is 1.95. The molecule has 1 rings (SSSR count). The zero-order chi connectivity index (χ0) is 10.4. The molecule has 0 unspecified atom stereocenters. The Balaban J connectivity index is 2.62. The van der Waals surface area contributed by atoms with E-state index >= 15 is 0 Å². The van der Waals surface area contributed by atoms with E-state index in [2.05, 4.69) is 30.5 Å². The smallest absolute Gasteiger partial charge is 0.312 e. The number of aromatic nitrogens is 4. The number of carbonyl (C=O) groups is 1. The highest BCUT2D eigenvalue weighted by atomic mass is 16.5. The van der Waals surface area contributed by atoms with Crippen LogP contribution < -0.4 is 0 Å². The number of hydrogen-bond donors (Lipinski definition) is 2. The molecule has 8 heteroatoms. The number of ether oxygens (including phenoxy) is 1. The molecule has 14 heavy (non-hydrogen) atoms. The second-order valence-electron chi connectivity index (χ2n) is 2.26. The molecule has 0 spiro atoms. The minimum atomic E-state index is -0.509. The van der Waals surface area contributed by atoms with Gasteiger partial charge in [-0.05, 0) is 12.1 Å². The predicted molar refractivity (Wildman–Crippen MR) is 43.8 cm³/mol. The van der Waals surface area contributed by atoms with Gasteiger partial charge in [0.1, 0.15) is 5.71 Å². The van der Waals surface area contributed by atoms with E-state index in [4.69, 9.17) is 5.21 Å². The zero-order valence-corrected chi connectivity index (χ0v) is 7.47. The lowest BCUT2D eigenvalue weighted by atomic mass is 10.2. The van der Waals surface area contributed by atoms with Gasteiger partial charge in [0.15, 0.2) is 0 Å². The fourth-order valence-corrected chi connectivity index (χ4v) is 0.792. The average Bonchev–Trinajstić information content (AvgIpc) is 2.67. The second kappa shape index (κ2) is 4.90. The standard InChI is InChI=1S/C6H9N5O3/c1-2-14-5(12)3-4(9-13)6-7-10-11-8-6/h13H,2-3H2,1H3,(H,7,8,10,11)/b9-4-. The molecule has 8 nitrogen and oxygen atoms in total. The SMILES string of the molecule is CCOC(=O)C/C(=N/O)c1nn[nH]n1. The number of oxime groups is 1. The van der Waals surface area contributed by atoms with E-state index in [9.17, 15) is 4.79 Å². The molecule has 0 saturated heterocycles. The van der Waals surface area contributed by atoms with Crippen LogP contribution in [0.3, 0.4) is 0 Å². The van der Waals surface area contributed by atoms with E-state index in [0.717, 1.165) is 0 Å². The highest BCUT2D eigenvalue weighted by Gasteiger charge is 2.15. The van der Waals surface area contributed by atoms with Gasteiger partial charge in [-0.15, -0.1) is 10.2 Å². The van der Waals surface area contributed by atoms with Gasteiger partial charge in [-0.3, -0.25) is 4.79 Å². The summed E-state index contributed by atoms with van der Waals surface area (Å²) in [5.74, 6) is -0.439. The van der Waals surface area contributed by atoms with Crippen molar-refractivity contribution in [2.45, 2.75) is 13.3 Å². The molecule has 76 valence electrons. The number of esters is 1. The third-order valence-corrected chi connectivity index (χ3v) is 1.34. The van der Waals surface area contributed by atoms with E-state index in [1.165, 1.54) is 0 Å². The number of hydrogen-bond acceptors (Lipinski definition) is 7. The third-order valence-electron chi connectivity index (χ3n) is 1.34. The fraction of sp³-hybridized carbons (Fsp3) is 0.500. The second-order valence-corrected chi connectivity index (χ2v) is 2.26. The van der Waals surface area contributed by atoms with Gasteiger partial charge in [-0.2, -0.15) is 5.21 Å². The molecule has 1 aromatic rings. The number of carbonyl (C=O) groups excluding carboxylic acids is 1. The van der Waals surface area contributed by atoms with Crippen molar-refractivity contribution in [3.8, 4) is 0 Å². The monoisotopic (exact) mass is 199 g/mol. The lowest BCUT2D eigenvalue weighted by Gasteiger charge is -1.99. The van der Waals surface area contributed by atoms with Gasteiger partial charge < -0.3 is 9.94 Å². The molecular formula is C6H9N5O3. The van der Waals surface area contributed by atoms with Crippen molar-refractivity contribution >= 4 is 11.7 Å². The normalized spacial score (nSPS) is 11.4. The number of nitrogens with zero attached hydrogens (tertiary/aromatic N) is 4. The van der Waals surface area contributed by atoms with Crippen molar-refractivity contribution in [3.63, 3.8) is 0 Å². The Morgan fingerprint density at radius 3 is 3.00 bits per heavy atom. The van der Waals surface area contributed by atoms with Gasteiger partial charge in [0.25, 0.3) is 0 Å². The summed E-state index contributed by atoms with van der Waals surface area (Å²) in [5.41, 5.74) is 0.0113. The molecule has 0 saturated carbocycles. The Morgan fingerprint density at radius 1 is 1.71 bits per heavy atom. The Morgan fingerprint density at radius 2 is 2.50 bits per heavy atom. The summed E-state index contributed by atoms with van der Waals surface area (Å²) in [4.78, 5) is 11.0. The first-order valence-electron chi connectivity index (χ1n) is 3.88. The first-order valence-corrected chi connectivity index (χ1v) is 3.88. The molecule has 1 heterocycles. The minimum absolute atomic E-state index is 0.0113. The van der Waals surface area contributed by atoms with E-state index in [1.54, 1.807) is 6.92 Å². The number of nitrogens with one attached hydrogen (secondary N) is 1. The highest BCUT2D eigenvalue weighted by Crippen LogP contribution is 1.97. The molecule has 0 radical (unpaired) electrons. The number of H-pyrrole nitrogens is 1. The van der Waals surface area contributed by atoms with Crippen molar-refractivity contribution in [2.75, 3.05) is 6.61 Å². The van der Waals surface area contributed by atoms with E-state index in [-0.39, 0.29) is 24.6 Å². The van der Waals surface area contributed by atoms with Crippen LogP contribution in [0.4, 0.5) is 0 Å². The lowest BCUT2D eigenvalue weighted by molar-refractivity contribution is -0.141. The quantitative estimate of drug-likeness (QED) is 0.288. The Labute approximate surface area is 78.9 Å². The van der Waals surface area contributed by atoms with Gasteiger partial charge in [0.2, 0.25) is 5.82 Å². The number of aromatic amines is 1. The molecular weight excluding hydrogens is 190 g/mol. The molecule has 1 aromatic heterocycles. The molecule has 2 N–H and O–H groups in total. The predicted octanol–water partition coefficient (Wildman–Crippen LogP) is -0.669. The highest BCUT2D eigenvalue weighted by molar-refractivity contribution is 6.06. The Kier molecular flexibility index (Phi) is 3.53. The summed E-state index contributed by atoms with van der Waals surface area (Å²) >= 11 is 0. The Bertz CT molecular complexity index is 320. The van der Waals surface area contributed by atoms with Crippen molar-refractivity contribution in [2.24, 2.45) is 5.16 Å². The summed E-state index contributed by atoms with van der Waals surface area (Å²) in [5, 5.41) is 24.0. The van der Waals surface area contributed by atoms with Gasteiger partial charge in [0.05, 0.1) is 13.0 Å². The average molecular weight is 199 g/mol. The van der Waals surface area contributed by atoms with Crippen LogP contribution in [0.25, 0.3) is 0 Å². The van der Waals surface area contributed by atoms with Crippen LogP contribution in [-0.2, 0) is 9.53 Å². The van der Waals surface area contributed by atoms with E-state index in [0.29, 0.717) is 0 Å².